The lowest BCUT2D eigenvalue weighted by Gasteiger charge is -2.02. The van der Waals surface area contributed by atoms with Crippen molar-refractivity contribution >= 4 is 17.7 Å². The Kier molecular flexibility index (Phi) is 4.93. The number of rotatable bonds is 5. The summed E-state index contributed by atoms with van der Waals surface area (Å²) in [6.45, 7) is 0.102. The van der Waals surface area contributed by atoms with Gasteiger partial charge in [-0.25, -0.2) is 4.79 Å². The first-order chi connectivity index (χ1) is 11.0. The lowest BCUT2D eigenvalue weighted by atomic mass is 10.1. The van der Waals surface area contributed by atoms with E-state index < -0.39 is 28.1 Å². The van der Waals surface area contributed by atoms with Gasteiger partial charge in [-0.15, -0.1) is 0 Å². The topological polar surface area (TPSA) is 110 Å². The fourth-order valence-corrected chi connectivity index (χ4v) is 1.80. The predicted octanol–water partition coefficient (Wildman–Crippen LogP) is 2.76. The fourth-order valence-electron chi connectivity index (χ4n) is 1.80. The first-order valence-electron chi connectivity index (χ1n) is 6.56. The highest BCUT2D eigenvalue weighted by Crippen LogP contribution is 2.36. The van der Waals surface area contributed by atoms with E-state index in [1.807, 2.05) is 18.2 Å². The van der Waals surface area contributed by atoms with Crippen LogP contribution in [-0.2, 0) is 16.1 Å². The minimum Gasteiger partial charge on any atom is -0.504 e. The van der Waals surface area contributed by atoms with Crippen LogP contribution in [0.5, 0.6) is 11.5 Å². The van der Waals surface area contributed by atoms with Crippen molar-refractivity contribution < 1.29 is 24.7 Å². The molecule has 0 aliphatic heterocycles. The fraction of sp³-hybridized carbons (Fsp3) is 0.0625. The molecule has 0 saturated carbocycles. The van der Waals surface area contributed by atoms with Gasteiger partial charge >= 0.3 is 11.7 Å². The molecule has 7 nitrogen and oxygen atoms in total. The summed E-state index contributed by atoms with van der Waals surface area (Å²) in [5, 5.41) is 29.6. The van der Waals surface area contributed by atoms with Gasteiger partial charge in [0, 0.05) is 12.1 Å². The van der Waals surface area contributed by atoms with Gasteiger partial charge in [-0.1, -0.05) is 30.3 Å². The third kappa shape index (κ3) is 4.31. The average Bonchev–Trinajstić information content (AvgIpc) is 2.54. The molecule has 2 rings (SSSR count). The summed E-state index contributed by atoms with van der Waals surface area (Å²) in [6.07, 6.45) is 2.33. The van der Waals surface area contributed by atoms with E-state index >= 15 is 0 Å². The van der Waals surface area contributed by atoms with E-state index in [4.69, 9.17) is 4.74 Å². The van der Waals surface area contributed by atoms with Crippen LogP contribution in [0.4, 0.5) is 5.69 Å². The van der Waals surface area contributed by atoms with E-state index in [1.54, 1.807) is 12.1 Å². The number of carbonyl (C=O) groups excluding carboxylic acids is 1. The van der Waals surface area contributed by atoms with Crippen LogP contribution in [0.1, 0.15) is 11.1 Å². The smallest absolute Gasteiger partial charge is 0.331 e. The van der Waals surface area contributed by atoms with Crippen molar-refractivity contribution in [3.8, 4) is 11.5 Å². The third-order valence-electron chi connectivity index (χ3n) is 2.92. The monoisotopic (exact) mass is 315 g/mol. The molecule has 0 saturated heterocycles. The van der Waals surface area contributed by atoms with Gasteiger partial charge in [0.15, 0.2) is 5.75 Å². The summed E-state index contributed by atoms with van der Waals surface area (Å²) in [6, 6.07) is 11.2. The Morgan fingerprint density at radius 2 is 1.91 bits per heavy atom. The van der Waals surface area contributed by atoms with Crippen molar-refractivity contribution in [3.05, 3.63) is 69.8 Å². The highest BCUT2D eigenvalue weighted by atomic mass is 16.6. The van der Waals surface area contributed by atoms with Crippen LogP contribution in [0.15, 0.2) is 48.5 Å². The van der Waals surface area contributed by atoms with Gasteiger partial charge < -0.3 is 14.9 Å². The van der Waals surface area contributed by atoms with Crippen LogP contribution in [0.3, 0.4) is 0 Å². The second-order valence-corrected chi connectivity index (χ2v) is 4.59. The van der Waals surface area contributed by atoms with Crippen LogP contribution >= 0.6 is 0 Å². The number of nitro benzene ring substituents is 1. The SMILES string of the molecule is O=C(/C=C/c1cc(O)c(O)c([N+](=O)[O-])c1)OCc1ccccc1. The molecule has 0 aromatic heterocycles. The summed E-state index contributed by atoms with van der Waals surface area (Å²) < 4.78 is 5.01. The van der Waals surface area contributed by atoms with E-state index in [0.29, 0.717) is 0 Å². The molecule has 0 heterocycles. The maximum absolute atomic E-state index is 11.6. The van der Waals surface area contributed by atoms with Gasteiger partial charge in [0.05, 0.1) is 4.92 Å². The Hall–Kier alpha value is -3.35. The number of ether oxygens (including phenoxy) is 1. The average molecular weight is 315 g/mol. The number of aromatic hydroxyl groups is 2. The summed E-state index contributed by atoms with van der Waals surface area (Å²) in [4.78, 5) is 21.5. The van der Waals surface area contributed by atoms with Crippen molar-refractivity contribution in [3.63, 3.8) is 0 Å². The van der Waals surface area contributed by atoms with Crippen molar-refractivity contribution in [1.29, 1.82) is 0 Å². The standard InChI is InChI=1S/C16H13NO6/c18-14-9-12(8-13(16(14)20)17(21)22)6-7-15(19)23-10-11-4-2-1-3-5-11/h1-9,18,20H,10H2/b7-6+. The molecule has 7 heteroatoms. The first kappa shape index (κ1) is 16.0. The predicted molar refractivity (Wildman–Crippen MR) is 81.7 cm³/mol. The Morgan fingerprint density at radius 1 is 1.22 bits per heavy atom. The van der Waals surface area contributed by atoms with Crippen LogP contribution in [-0.4, -0.2) is 21.1 Å². The van der Waals surface area contributed by atoms with Crippen molar-refractivity contribution in [2.24, 2.45) is 0 Å². The van der Waals surface area contributed by atoms with E-state index in [0.717, 1.165) is 23.8 Å². The number of hydrogen-bond acceptors (Lipinski definition) is 6. The Labute approximate surface area is 131 Å². The Balaban J connectivity index is 2.05. The number of nitrogens with zero attached hydrogens (tertiary/aromatic N) is 1. The number of nitro groups is 1. The molecule has 0 atom stereocenters. The molecule has 0 amide bonds. The molecule has 0 fully saturated rings. The third-order valence-corrected chi connectivity index (χ3v) is 2.92. The molecule has 2 N–H and O–H groups in total. The molecular weight excluding hydrogens is 302 g/mol. The highest BCUT2D eigenvalue weighted by Gasteiger charge is 2.18. The molecule has 0 aliphatic rings. The van der Waals surface area contributed by atoms with Crippen molar-refractivity contribution in [1.82, 2.24) is 0 Å². The van der Waals surface area contributed by atoms with Crippen LogP contribution in [0.25, 0.3) is 6.08 Å². The number of phenols is 2. The molecule has 2 aromatic carbocycles. The summed E-state index contributed by atoms with van der Waals surface area (Å²) >= 11 is 0. The zero-order valence-corrected chi connectivity index (χ0v) is 11.9. The van der Waals surface area contributed by atoms with Gasteiger partial charge in [0.25, 0.3) is 0 Å². The molecule has 0 radical (unpaired) electrons. The summed E-state index contributed by atoms with van der Waals surface area (Å²) in [5.74, 6) is -2.10. The zero-order valence-electron chi connectivity index (χ0n) is 11.9. The van der Waals surface area contributed by atoms with Crippen LogP contribution in [0.2, 0.25) is 0 Å². The molecular formula is C16H13NO6. The second kappa shape index (κ2) is 7.08. The minimum absolute atomic E-state index is 0.102. The van der Waals surface area contributed by atoms with E-state index in [1.165, 1.54) is 6.08 Å². The normalized spacial score (nSPS) is 10.6. The van der Waals surface area contributed by atoms with Gasteiger partial charge in [-0.05, 0) is 23.3 Å². The van der Waals surface area contributed by atoms with E-state index in [9.17, 15) is 25.1 Å². The van der Waals surface area contributed by atoms with E-state index in [2.05, 4.69) is 0 Å². The Bertz CT molecular complexity index is 755. The number of carbonyl (C=O) groups is 1. The number of hydrogen-bond donors (Lipinski definition) is 2. The van der Waals surface area contributed by atoms with Crippen LogP contribution < -0.4 is 0 Å². The summed E-state index contributed by atoms with van der Waals surface area (Å²) in [7, 11) is 0. The molecule has 23 heavy (non-hydrogen) atoms. The largest absolute Gasteiger partial charge is 0.504 e. The molecule has 0 unspecified atom stereocenters. The maximum Gasteiger partial charge on any atom is 0.331 e. The van der Waals surface area contributed by atoms with Gasteiger partial charge in [-0.2, -0.15) is 0 Å². The minimum atomic E-state index is -0.833. The lowest BCUT2D eigenvalue weighted by Crippen LogP contribution is -2.00. The maximum atomic E-state index is 11.6. The molecule has 2 aromatic rings. The van der Waals surface area contributed by atoms with Crippen molar-refractivity contribution in [2.75, 3.05) is 0 Å². The lowest BCUT2D eigenvalue weighted by molar-refractivity contribution is -0.386. The molecule has 118 valence electrons. The number of benzene rings is 2. The Morgan fingerprint density at radius 3 is 2.57 bits per heavy atom. The van der Waals surface area contributed by atoms with Gasteiger partial charge in [0.1, 0.15) is 6.61 Å². The van der Waals surface area contributed by atoms with E-state index in [-0.39, 0.29) is 12.2 Å². The van der Waals surface area contributed by atoms with Crippen LogP contribution in [0, 0.1) is 10.1 Å². The molecule has 0 bridgehead atoms. The van der Waals surface area contributed by atoms with Crippen molar-refractivity contribution in [2.45, 2.75) is 6.61 Å². The summed E-state index contributed by atoms with van der Waals surface area (Å²) in [5.41, 5.74) is 0.359. The highest BCUT2D eigenvalue weighted by molar-refractivity contribution is 5.87. The van der Waals surface area contributed by atoms with Gasteiger partial charge in [-0.3, -0.25) is 10.1 Å². The van der Waals surface area contributed by atoms with Gasteiger partial charge in [0.2, 0.25) is 5.75 Å². The first-order valence-corrected chi connectivity index (χ1v) is 6.56. The molecule has 0 spiro atoms. The number of esters is 1. The number of phenolic OH excluding ortho intramolecular Hbond substituents is 2. The molecule has 0 aliphatic carbocycles. The second-order valence-electron chi connectivity index (χ2n) is 4.59. The quantitative estimate of drug-likeness (QED) is 0.288. The zero-order chi connectivity index (χ0) is 16.8.